The molecule has 1 aromatic carbocycles. The lowest BCUT2D eigenvalue weighted by atomic mass is 10.1. The molecule has 7 nitrogen and oxygen atoms in total. The van der Waals surface area contributed by atoms with Gasteiger partial charge in [-0.05, 0) is 24.6 Å². The highest BCUT2D eigenvalue weighted by Gasteiger charge is 2.27. The van der Waals surface area contributed by atoms with E-state index in [1.807, 2.05) is 0 Å². The molecule has 0 aliphatic heterocycles. The number of carboxylic acid groups (broad SMARTS) is 1. The number of benzene rings is 1. The van der Waals surface area contributed by atoms with Crippen LogP contribution in [0.15, 0.2) is 24.3 Å². The van der Waals surface area contributed by atoms with Crippen LogP contribution in [0.3, 0.4) is 0 Å². The smallest absolute Gasteiger partial charge is 0.325 e. The normalized spacial score (nSPS) is 14.5. The molecular formula is C14H22ClNO6. The molecule has 1 unspecified atom stereocenters. The molecule has 0 saturated heterocycles. The molecule has 0 amide bonds. The molecule has 0 aromatic heterocycles. The van der Waals surface area contributed by atoms with Gasteiger partial charge in [-0.1, -0.05) is 12.1 Å². The fourth-order valence-electron chi connectivity index (χ4n) is 1.41. The van der Waals surface area contributed by atoms with Crippen molar-refractivity contribution < 1.29 is 29.6 Å². The van der Waals surface area contributed by atoms with Crippen molar-refractivity contribution in [3.63, 3.8) is 0 Å². The van der Waals surface area contributed by atoms with Gasteiger partial charge >= 0.3 is 5.97 Å². The van der Waals surface area contributed by atoms with Gasteiger partial charge in [0.15, 0.2) is 0 Å². The van der Waals surface area contributed by atoms with Crippen molar-refractivity contribution in [3.05, 3.63) is 29.8 Å². The Balaban J connectivity index is 0.00000441. The maximum Gasteiger partial charge on any atom is 0.325 e. The van der Waals surface area contributed by atoms with Crippen LogP contribution in [-0.2, 0) is 16.1 Å². The lowest BCUT2D eigenvalue weighted by Gasteiger charge is -2.19. The summed E-state index contributed by atoms with van der Waals surface area (Å²) in [5, 5.41) is 26.8. The predicted molar refractivity (Wildman–Crippen MR) is 82.2 cm³/mol. The summed E-state index contributed by atoms with van der Waals surface area (Å²) >= 11 is 0. The number of hydrogen-bond donors (Lipinski definition) is 4. The molecule has 0 bridgehead atoms. The predicted octanol–water partition coefficient (Wildman–Crippen LogP) is 0.159. The maximum absolute atomic E-state index is 10.8. The van der Waals surface area contributed by atoms with Crippen molar-refractivity contribution in [1.29, 1.82) is 0 Å². The van der Waals surface area contributed by atoms with E-state index in [0.717, 1.165) is 5.56 Å². The van der Waals surface area contributed by atoms with E-state index in [4.69, 9.17) is 25.4 Å². The molecule has 0 spiro atoms. The summed E-state index contributed by atoms with van der Waals surface area (Å²) in [5.74, 6) is -0.602. The van der Waals surface area contributed by atoms with Crippen LogP contribution in [-0.4, -0.2) is 52.8 Å². The number of ether oxygens (including phenoxy) is 2. The number of aliphatic hydroxyl groups excluding tert-OH is 2. The zero-order valence-electron chi connectivity index (χ0n) is 12.3. The summed E-state index contributed by atoms with van der Waals surface area (Å²) in [7, 11) is 0. The zero-order valence-corrected chi connectivity index (χ0v) is 13.1. The van der Waals surface area contributed by atoms with E-state index in [-0.39, 0.29) is 38.8 Å². The Hall–Kier alpha value is -1.38. The SMILES string of the molecule is C[C@](N)(COCc1cccc(OCC(O)CO)c1)C(=O)O.Cl. The van der Waals surface area contributed by atoms with Crippen molar-refractivity contribution in [2.45, 2.75) is 25.2 Å². The Morgan fingerprint density at radius 3 is 2.73 bits per heavy atom. The summed E-state index contributed by atoms with van der Waals surface area (Å²) in [6.45, 7) is 1.08. The largest absolute Gasteiger partial charge is 0.491 e. The molecule has 0 aliphatic rings. The Labute approximate surface area is 135 Å². The topological polar surface area (TPSA) is 122 Å². The third kappa shape index (κ3) is 7.06. The number of aliphatic carboxylic acids is 1. The van der Waals surface area contributed by atoms with Crippen LogP contribution in [0.4, 0.5) is 0 Å². The summed E-state index contributed by atoms with van der Waals surface area (Å²) in [6.07, 6.45) is -0.932. The lowest BCUT2D eigenvalue weighted by Crippen LogP contribution is -2.48. The Kier molecular flexibility index (Phi) is 9.00. The molecule has 1 aromatic rings. The second-order valence-corrected chi connectivity index (χ2v) is 5.01. The molecular weight excluding hydrogens is 314 g/mol. The molecule has 0 fully saturated rings. The second-order valence-electron chi connectivity index (χ2n) is 5.01. The van der Waals surface area contributed by atoms with Crippen molar-refractivity contribution in [1.82, 2.24) is 0 Å². The Morgan fingerprint density at radius 2 is 2.14 bits per heavy atom. The van der Waals surface area contributed by atoms with E-state index < -0.39 is 17.6 Å². The van der Waals surface area contributed by atoms with Crippen molar-refractivity contribution >= 4 is 18.4 Å². The van der Waals surface area contributed by atoms with Gasteiger partial charge in [0.1, 0.15) is 24.0 Å². The Morgan fingerprint density at radius 1 is 1.45 bits per heavy atom. The number of aliphatic hydroxyl groups is 2. The Bertz CT molecular complexity index is 468. The van der Waals surface area contributed by atoms with E-state index in [9.17, 15) is 9.90 Å². The molecule has 1 rings (SSSR count). The third-order valence-corrected chi connectivity index (χ3v) is 2.71. The minimum atomic E-state index is -1.43. The number of carboxylic acids is 1. The van der Waals surface area contributed by atoms with Gasteiger partial charge in [-0.15, -0.1) is 12.4 Å². The van der Waals surface area contributed by atoms with E-state index >= 15 is 0 Å². The van der Waals surface area contributed by atoms with Crippen molar-refractivity contribution in [3.8, 4) is 5.75 Å². The highest BCUT2D eigenvalue weighted by Crippen LogP contribution is 2.15. The monoisotopic (exact) mass is 335 g/mol. The first-order valence-corrected chi connectivity index (χ1v) is 6.46. The minimum absolute atomic E-state index is 0. The highest BCUT2D eigenvalue weighted by atomic mass is 35.5. The average Bonchev–Trinajstić information content (AvgIpc) is 2.44. The molecule has 0 radical (unpaired) electrons. The molecule has 0 saturated carbocycles. The first-order valence-electron chi connectivity index (χ1n) is 6.46. The van der Waals surface area contributed by atoms with Crippen LogP contribution in [0, 0.1) is 0 Å². The van der Waals surface area contributed by atoms with Gasteiger partial charge in [-0.3, -0.25) is 4.79 Å². The van der Waals surface area contributed by atoms with Crippen LogP contribution >= 0.6 is 12.4 Å². The summed E-state index contributed by atoms with van der Waals surface area (Å²) in [4.78, 5) is 10.8. The van der Waals surface area contributed by atoms with Gasteiger partial charge < -0.3 is 30.5 Å². The van der Waals surface area contributed by atoms with E-state index in [1.54, 1.807) is 24.3 Å². The second kappa shape index (κ2) is 9.60. The summed E-state index contributed by atoms with van der Waals surface area (Å²) in [6, 6.07) is 6.96. The fraction of sp³-hybridized carbons (Fsp3) is 0.500. The summed E-state index contributed by atoms with van der Waals surface area (Å²) < 4.78 is 10.6. The number of hydrogen-bond acceptors (Lipinski definition) is 6. The van der Waals surface area contributed by atoms with E-state index in [2.05, 4.69) is 0 Å². The van der Waals surface area contributed by atoms with Crippen LogP contribution < -0.4 is 10.5 Å². The number of rotatable bonds is 9. The highest BCUT2D eigenvalue weighted by molar-refractivity contribution is 5.85. The van der Waals surface area contributed by atoms with E-state index in [1.165, 1.54) is 6.92 Å². The summed E-state index contributed by atoms with van der Waals surface area (Å²) in [5.41, 5.74) is 4.90. The third-order valence-electron chi connectivity index (χ3n) is 2.71. The molecule has 22 heavy (non-hydrogen) atoms. The van der Waals surface area contributed by atoms with Gasteiger partial charge in [0, 0.05) is 0 Å². The first kappa shape index (κ1) is 20.6. The minimum Gasteiger partial charge on any atom is -0.491 e. The number of nitrogens with two attached hydrogens (primary N) is 1. The van der Waals surface area contributed by atoms with Crippen molar-refractivity contribution in [2.24, 2.45) is 5.73 Å². The van der Waals surface area contributed by atoms with Crippen LogP contribution in [0.1, 0.15) is 12.5 Å². The van der Waals surface area contributed by atoms with Gasteiger partial charge in [0.2, 0.25) is 0 Å². The van der Waals surface area contributed by atoms with Crippen molar-refractivity contribution in [2.75, 3.05) is 19.8 Å². The number of carbonyl (C=O) groups is 1. The first-order chi connectivity index (χ1) is 9.85. The molecule has 8 heteroatoms. The van der Waals surface area contributed by atoms with Gasteiger partial charge in [-0.2, -0.15) is 0 Å². The molecule has 2 atom stereocenters. The maximum atomic E-state index is 10.8. The van der Waals surface area contributed by atoms with E-state index in [0.29, 0.717) is 5.75 Å². The molecule has 0 aliphatic carbocycles. The lowest BCUT2D eigenvalue weighted by molar-refractivity contribution is -0.145. The molecule has 126 valence electrons. The zero-order chi connectivity index (χ0) is 15.9. The van der Waals surface area contributed by atoms with Gasteiger partial charge in [0.25, 0.3) is 0 Å². The molecule has 0 heterocycles. The fourth-order valence-corrected chi connectivity index (χ4v) is 1.41. The van der Waals surface area contributed by atoms with Crippen LogP contribution in [0.2, 0.25) is 0 Å². The number of halogens is 1. The van der Waals surface area contributed by atoms with Crippen LogP contribution in [0.25, 0.3) is 0 Å². The molecule has 5 N–H and O–H groups in total. The quantitative estimate of drug-likeness (QED) is 0.507. The van der Waals surface area contributed by atoms with Crippen LogP contribution in [0.5, 0.6) is 5.75 Å². The van der Waals surface area contributed by atoms with Gasteiger partial charge in [0.05, 0.1) is 19.8 Å². The standard InChI is InChI=1S/C14H21NO6.ClH/c1-14(15,13(18)19)9-20-7-10-3-2-4-12(5-10)21-8-11(17)6-16;/h2-5,11,16-17H,6-9,15H2,1H3,(H,18,19);1H/t11?,14-;/m0./s1. The van der Waals surface area contributed by atoms with Gasteiger partial charge in [-0.25, -0.2) is 0 Å². The average molecular weight is 336 g/mol.